The van der Waals surface area contributed by atoms with Crippen LogP contribution >= 0.6 is 0 Å². The SMILES string of the molecule is COc1ccc(NC(=O)NC2CCC3(c4ccc(OC)c(OC)c4)CCN(C)C3C2)c(OC)n1. The second-order valence-corrected chi connectivity index (χ2v) is 8.95. The van der Waals surface area contributed by atoms with E-state index in [1.54, 1.807) is 26.4 Å². The minimum atomic E-state index is -0.269. The summed E-state index contributed by atoms with van der Waals surface area (Å²) in [5, 5.41) is 6.02. The Kier molecular flexibility index (Phi) is 7.02. The van der Waals surface area contributed by atoms with Crippen molar-refractivity contribution >= 4 is 11.7 Å². The van der Waals surface area contributed by atoms with E-state index in [-0.39, 0.29) is 17.5 Å². The first-order valence-electron chi connectivity index (χ1n) is 11.5. The molecule has 1 saturated carbocycles. The van der Waals surface area contributed by atoms with Gasteiger partial charge in [0.05, 0.1) is 28.4 Å². The number of likely N-dealkylation sites (tertiary alicyclic amines) is 1. The molecule has 184 valence electrons. The number of hydrogen-bond acceptors (Lipinski definition) is 7. The number of anilines is 1. The van der Waals surface area contributed by atoms with Crippen LogP contribution in [0.25, 0.3) is 0 Å². The molecule has 2 heterocycles. The fourth-order valence-electron chi connectivity index (χ4n) is 5.53. The Morgan fingerprint density at radius 2 is 1.82 bits per heavy atom. The van der Waals surface area contributed by atoms with Crippen LogP contribution in [0.2, 0.25) is 0 Å². The predicted octanol–water partition coefficient (Wildman–Crippen LogP) is 3.43. The van der Waals surface area contributed by atoms with E-state index in [1.807, 2.05) is 6.07 Å². The maximum Gasteiger partial charge on any atom is 0.319 e. The fraction of sp³-hybridized carbons (Fsp3) is 0.520. The molecular weight excluding hydrogens is 436 g/mol. The number of carbonyl (C=O) groups is 1. The van der Waals surface area contributed by atoms with Crippen molar-refractivity contribution in [3.63, 3.8) is 0 Å². The summed E-state index contributed by atoms with van der Waals surface area (Å²) in [6.07, 6.45) is 3.83. The summed E-state index contributed by atoms with van der Waals surface area (Å²) < 4.78 is 21.4. The van der Waals surface area contributed by atoms with Crippen molar-refractivity contribution in [2.24, 2.45) is 0 Å². The first-order chi connectivity index (χ1) is 16.4. The zero-order valence-electron chi connectivity index (χ0n) is 20.5. The minimum absolute atomic E-state index is 0.0338. The monoisotopic (exact) mass is 470 g/mol. The molecule has 1 aliphatic carbocycles. The number of urea groups is 1. The number of likely N-dealkylation sites (N-methyl/N-ethyl adjacent to an activating group) is 1. The molecule has 2 amide bonds. The molecule has 2 fully saturated rings. The van der Waals surface area contributed by atoms with Crippen molar-refractivity contribution < 1.29 is 23.7 Å². The summed E-state index contributed by atoms with van der Waals surface area (Å²) in [6.45, 7) is 1.02. The molecule has 3 unspecified atom stereocenters. The van der Waals surface area contributed by atoms with Gasteiger partial charge in [-0.05, 0) is 63.0 Å². The Hall–Kier alpha value is -3.20. The normalized spacial score (nSPS) is 24.1. The van der Waals surface area contributed by atoms with Crippen molar-refractivity contribution in [1.82, 2.24) is 15.2 Å². The molecule has 1 aliphatic heterocycles. The van der Waals surface area contributed by atoms with Gasteiger partial charge in [0.1, 0.15) is 5.69 Å². The summed E-state index contributed by atoms with van der Waals surface area (Å²) >= 11 is 0. The number of nitrogens with one attached hydrogen (secondary N) is 2. The van der Waals surface area contributed by atoms with Crippen LogP contribution < -0.4 is 29.6 Å². The summed E-state index contributed by atoms with van der Waals surface area (Å²) in [5.41, 5.74) is 1.80. The van der Waals surface area contributed by atoms with Crippen LogP contribution in [-0.2, 0) is 5.41 Å². The Labute approximate surface area is 200 Å². The molecule has 1 aromatic carbocycles. The van der Waals surface area contributed by atoms with Crippen LogP contribution in [-0.4, -0.2) is 70.0 Å². The van der Waals surface area contributed by atoms with E-state index >= 15 is 0 Å². The lowest BCUT2D eigenvalue weighted by Gasteiger charge is -2.45. The number of carbonyl (C=O) groups excluding carboxylic acids is 1. The Balaban J connectivity index is 1.47. The topological polar surface area (TPSA) is 94.2 Å². The standard InChI is InChI=1S/C25H34N4O5/c1-29-13-12-25(16-6-8-19(31-2)20(14-16)32-3)11-10-17(15-21(25)29)26-24(30)27-18-7-9-22(33-4)28-23(18)34-5/h6-9,14,17,21H,10-13,15H2,1-5H3,(H2,26,27,30). The molecule has 4 rings (SSSR count). The predicted molar refractivity (Wildman–Crippen MR) is 129 cm³/mol. The zero-order chi connectivity index (χ0) is 24.3. The third-order valence-corrected chi connectivity index (χ3v) is 7.31. The van der Waals surface area contributed by atoms with Gasteiger partial charge in [0, 0.05) is 23.6 Å². The van der Waals surface area contributed by atoms with Crippen LogP contribution in [0.1, 0.15) is 31.2 Å². The largest absolute Gasteiger partial charge is 0.493 e. The fourth-order valence-corrected chi connectivity index (χ4v) is 5.53. The lowest BCUT2D eigenvalue weighted by molar-refractivity contribution is 0.156. The molecule has 0 spiro atoms. The van der Waals surface area contributed by atoms with Gasteiger partial charge in [0.25, 0.3) is 0 Å². The van der Waals surface area contributed by atoms with Crippen LogP contribution in [0.3, 0.4) is 0 Å². The summed E-state index contributed by atoms with van der Waals surface area (Å²) in [4.78, 5) is 19.4. The first-order valence-corrected chi connectivity index (χ1v) is 11.5. The van der Waals surface area contributed by atoms with E-state index in [4.69, 9.17) is 18.9 Å². The summed E-state index contributed by atoms with van der Waals surface area (Å²) in [7, 11) is 8.54. The smallest absolute Gasteiger partial charge is 0.319 e. The van der Waals surface area contributed by atoms with Crippen LogP contribution in [0.4, 0.5) is 10.5 Å². The molecular formula is C25H34N4O5. The Morgan fingerprint density at radius 3 is 2.53 bits per heavy atom. The number of nitrogens with zero attached hydrogens (tertiary/aromatic N) is 2. The van der Waals surface area contributed by atoms with E-state index in [0.29, 0.717) is 23.5 Å². The second-order valence-electron chi connectivity index (χ2n) is 8.95. The molecule has 2 N–H and O–H groups in total. The van der Waals surface area contributed by atoms with E-state index in [0.717, 1.165) is 43.7 Å². The van der Waals surface area contributed by atoms with Crippen molar-refractivity contribution in [2.45, 2.75) is 43.2 Å². The van der Waals surface area contributed by atoms with Gasteiger partial charge < -0.3 is 34.5 Å². The number of hydrogen-bond donors (Lipinski definition) is 2. The highest BCUT2D eigenvalue weighted by Gasteiger charge is 2.50. The molecule has 3 atom stereocenters. The Bertz CT molecular complexity index is 1030. The number of rotatable bonds is 7. The molecule has 34 heavy (non-hydrogen) atoms. The van der Waals surface area contributed by atoms with Gasteiger partial charge >= 0.3 is 6.03 Å². The molecule has 1 aromatic heterocycles. The minimum Gasteiger partial charge on any atom is -0.493 e. The number of methoxy groups -OCH3 is 4. The summed E-state index contributed by atoms with van der Waals surface area (Å²) in [5.74, 6) is 2.22. The van der Waals surface area contributed by atoms with Gasteiger partial charge in [-0.25, -0.2) is 4.79 Å². The number of benzene rings is 1. The van der Waals surface area contributed by atoms with Crippen LogP contribution in [0.5, 0.6) is 23.3 Å². The van der Waals surface area contributed by atoms with Crippen LogP contribution in [0, 0.1) is 0 Å². The van der Waals surface area contributed by atoms with Crippen molar-refractivity contribution in [1.29, 1.82) is 0 Å². The van der Waals surface area contributed by atoms with E-state index in [2.05, 4.69) is 39.7 Å². The molecule has 2 aliphatic rings. The first kappa shape index (κ1) is 23.9. The maximum atomic E-state index is 12.8. The average Bonchev–Trinajstić information content (AvgIpc) is 3.20. The van der Waals surface area contributed by atoms with Gasteiger partial charge in [-0.3, -0.25) is 0 Å². The third kappa shape index (κ3) is 4.44. The highest BCUT2D eigenvalue weighted by Crippen LogP contribution is 2.49. The third-order valence-electron chi connectivity index (χ3n) is 7.31. The maximum absolute atomic E-state index is 12.8. The zero-order valence-corrected chi connectivity index (χ0v) is 20.5. The molecule has 0 bridgehead atoms. The lowest BCUT2D eigenvalue weighted by Crippen LogP contribution is -2.52. The van der Waals surface area contributed by atoms with Gasteiger partial charge in [-0.15, -0.1) is 0 Å². The highest BCUT2D eigenvalue weighted by atomic mass is 16.5. The summed E-state index contributed by atoms with van der Waals surface area (Å²) in [6, 6.07) is 9.80. The van der Waals surface area contributed by atoms with Crippen molar-refractivity contribution in [3.8, 4) is 23.3 Å². The lowest BCUT2D eigenvalue weighted by atomic mass is 9.65. The average molecular weight is 471 g/mol. The van der Waals surface area contributed by atoms with Gasteiger partial charge in [-0.2, -0.15) is 4.98 Å². The number of ether oxygens (including phenoxy) is 4. The van der Waals surface area contributed by atoms with Crippen molar-refractivity contribution in [3.05, 3.63) is 35.9 Å². The van der Waals surface area contributed by atoms with Crippen LogP contribution in [0.15, 0.2) is 30.3 Å². The number of aromatic nitrogens is 1. The quantitative estimate of drug-likeness (QED) is 0.640. The van der Waals surface area contributed by atoms with E-state index in [1.165, 1.54) is 19.8 Å². The molecule has 0 radical (unpaired) electrons. The van der Waals surface area contributed by atoms with Gasteiger partial charge in [0.15, 0.2) is 11.5 Å². The second kappa shape index (κ2) is 9.97. The number of fused-ring (bicyclic) bond motifs is 1. The molecule has 2 aromatic rings. The molecule has 1 saturated heterocycles. The molecule has 9 heteroatoms. The van der Waals surface area contributed by atoms with E-state index in [9.17, 15) is 4.79 Å². The van der Waals surface area contributed by atoms with Gasteiger partial charge in [0.2, 0.25) is 11.8 Å². The van der Waals surface area contributed by atoms with Gasteiger partial charge in [-0.1, -0.05) is 6.07 Å². The number of amides is 2. The molecule has 9 nitrogen and oxygen atoms in total. The van der Waals surface area contributed by atoms with Crippen molar-refractivity contribution in [2.75, 3.05) is 47.3 Å². The number of pyridine rings is 1. The Morgan fingerprint density at radius 1 is 1.03 bits per heavy atom. The van der Waals surface area contributed by atoms with E-state index < -0.39 is 0 Å². The highest BCUT2D eigenvalue weighted by molar-refractivity contribution is 5.90.